The van der Waals surface area contributed by atoms with E-state index in [9.17, 15) is 32.3 Å². The minimum absolute atomic E-state index is 0.123. The van der Waals surface area contributed by atoms with Gasteiger partial charge in [0.25, 0.3) is 0 Å². The van der Waals surface area contributed by atoms with Gasteiger partial charge in [0.15, 0.2) is 0 Å². The molecule has 4 aromatic rings. The highest BCUT2D eigenvalue weighted by molar-refractivity contribution is 5.99. The zero-order valence-electron chi connectivity index (χ0n) is 19.0. The molecule has 0 aliphatic rings. The molecule has 0 bridgehead atoms. The van der Waals surface area contributed by atoms with Crippen LogP contribution in [0.2, 0.25) is 0 Å². The fraction of sp³-hybridized carbons (Fsp3) is 0.0800. The number of urea groups is 1. The van der Waals surface area contributed by atoms with Gasteiger partial charge in [-0.1, -0.05) is 0 Å². The third-order valence-electron chi connectivity index (χ3n) is 5.12. The number of anilines is 2. The van der Waals surface area contributed by atoms with Gasteiger partial charge in [0.2, 0.25) is 0 Å². The first-order valence-electron chi connectivity index (χ1n) is 10.6. The summed E-state index contributed by atoms with van der Waals surface area (Å²) >= 11 is 0. The van der Waals surface area contributed by atoms with Crippen LogP contribution >= 0.6 is 0 Å². The first-order valence-corrected chi connectivity index (χ1v) is 10.6. The number of nitrogens with zero attached hydrogens (tertiary/aromatic N) is 2. The van der Waals surface area contributed by atoms with Crippen molar-refractivity contribution in [2.24, 2.45) is 7.05 Å². The fourth-order valence-electron chi connectivity index (χ4n) is 3.41. The lowest BCUT2D eigenvalue weighted by molar-refractivity contribution is -0.139. The molecule has 8 nitrogen and oxygen atoms in total. The van der Waals surface area contributed by atoms with Crippen LogP contribution < -0.4 is 15.4 Å². The van der Waals surface area contributed by atoms with Crippen molar-refractivity contribution in [2.75, 3.05) is 10.6 Å². The molecule has 3 N–H and O–H groups in total. The van der Waals surface area contributed by atoms with Crippen molar-refractivity contribution >= 4 is 23.4 Å². The van der Waals surface area contributed by atoms with Gasteiger partial charge in [-0.15, -0.1) is 0 Å². The Bertz CT molecular complexity index is 1470. The minimum atomic E-state index is -4.90. The Kier molecular flexibility index (Phi) is 6.83. The summed E-state index contributed by atoms with van der Waals surface area (Å²) in [7, 11) is 1.70. The summed E-state index contributed by atoms with van der Waals surface area (Å²) in [4.78, 5) is 27.6. The van der Waals surface area contributed by atoms with Gasteiger partial charge in [0, 0.05) is 36.9 Å². The van der Waals surface area contributed by atoms with Crippen molar-refractivity contribution in [3.8, 4) is 22.9 Å². The zero-order chi connectivity index (χ0) is 26.7. The summed E-state index contributed by atoms with van der Waals surface area (Å²) < 4.78 is 59.4. The topological polar surface area (TPSA) is 105 Å². The van der Waals surface area contributed by atoms with E-state index in [0.29, 0.717) is 40.7 Å². The highest BCUT2D eigenvalue weighted by Crippen LogP contribution is 2.33. The van der Waals surface area contributed by atoms with Crippen LogP contribution in [0.5, 0.6) is 11.5 Å². The molecule has 0 spiro atoms. The van der Waals surface area contributed by atoms with Gasteiger partial charge in [0.1, 0.15) is 17.3 Å². The van der Waals surface area contributed by atoms with Gasteiger partial charge in [-0.05, 0) is 54.6 Å². The maximum Gasteiger partial charge on any atom is 0.419 e. The predicted octanol–water partition coefficient (Wildman–Crippen LogP) is 6.38. The van der Waals surface area contributed by atoms with E-state index in [-0.39, 0.29) is 11.3 Å². The number of amides is 2. The van der Waals surface area contributed by atoms with Gasteiger partial charge in [-0.25, -0.2) is 14.0 Å². The van der Waals surface area contributed by atoms with E-state index in [1.165, 1.54) is 30.6 Å². The molecule has 37 heavy (non-hydrogen) atoms. The van der Waals surface area contributed by atoms with E-state index in [4.69, 9.17) is 4.74 Å². The molecule has 12 heteroatoms. The van der Waals surface area contributed by atoms with Crippen LogP contribution in [0.3, 0.4) is 0 Å². The number of carbonyl (C=O) groups excluding carboxylic acids is 1. The summed E-state index contributed by atoms with van der Waals surface area (Å²) in [6.45, 7) is 0. The number of halogens is 4. The number of rotatable bonds is 6. The monoisotopic (exact) mass is 514 g/mol. The number of pyridine rings is 1. The highest BCUT2D eigenvalue weighted by atomic mass is 19.4. The van der Waals surface area contributed by atoms with Crippen LogP contribution in [0.1, 0.15) is 15.9 Å². The molecule has 2 aromatic carbocycles. The molecule has 2 amide bonds. The fourth-order valence-corrected chi connectivity index (χ4v) is 3.41. The highest BCUT2D eigenvalue weighted by Gasteiger charge is 2.34. The molecule has 0 aliphatic carbocycles. The number of benzene rings is 2. The second-order valence-electron chi connectivity index (χ2n) is 7.80. The smallest absolute Gasteiger partial charge is 0.419 e. The van der Waals surface area contributed by atoms with Crippen molar-refractivity contribution in [3.63, 3.8) is 0 Å². The second-order valence-corrected chi connectivity index (χ2v) is 7.80. The Morgan fingerprint density at radius 1 is 0.946 bits per heavy atom. The van der Waals surface area contributed by atoms with Crippen molar-refractivity contribution in [2.45, 2.75) is 6.18 Å². The van der Waals surface area contributed by atoms with Gasteiger partial charge >= 0.3 is 18.2 Å². The number of alkyl halides is 3. The van der Waals surface area contributed by atoms with Crippen molar-refractivity contribution in [3.05, 3.63) is 90.0 Å². The number of aromatic nitrogens is 2. The Labute approximate surface area is 207 Å². The molecule has 2 heterocycles. The minimum Gasteiger partial charge on any atom is -0.478 e. The zero-order valence-corrected chi connectivity index (χ0v) is 19.0. The average molecular weight is 514 g/mol. The molecule has 0 unspecified atom stereocenters. The van der Waals surface area contributed by atoms with E-state index in [1.807, 2.05) is 0 Å². The number of ether oxygens (including phenoxy) is 1. The normalized spacial score (nSPS) is 11.2. The molecular weight excluding hydrogens is 496 g/mol. The number of carboxylic acid groups (broad SMARTS) is 1. The first kappa shape index (κ1) is 25.2. The summed E-state index contributed by atoms with van der Waals surface area (Å²) in [5.74, 6) is -1.66. The average Bonchev–Trinajstić information content (AvgIpc) is 3.23. The number of carboxylic acids is 1. The SMILES string of the molecule is Cn1cc(C(=O)O)cc1-c1cc(Oc2ccc(NC(=O)Nc3ccc(F)c(C(F)(F)F)c3)cc2)ccn1. The largest absolute Gasteiger partial charge is 0.478 e. The van der Waals surface area contributed by atoms with E-state index in [0.717, 1.165) is 6.07 Å². The first-order chi connectivity index (χ1) is 17.5. The van der Waals surface area contributed by atoms with Crippen LogP contribution in [0.25, 0.3) is 11.4 Å². The molecule has 190 valence electrons. The van der Waals surface area contributed by atoms with Crippen molar-refractivity contribution in [1.82, 2.24) is 9.55 Å². The Morgan fingerprint density at radius 2 is 1.62 bits per heavy atom. The molecular formula is C25H18F4N4O4. The molecule has 0 saturated carbocycles. The van der Waals surface area contributed by atoms with E-state index in [2.05, 4.69) is 15.6 Å². The lowest BCUT2D eigenvalue weighted by Gasteiger charge is -2.12. The standard InChI is InChI=1S/C25H18F4N4O4/c1-33-13-14(23(34)35)10-22(33)21-12-18(8-9-30-21)37-17-5-2-15(3-6-17)31-24(36)32-16-4-7-20(26)19(11-16)25(27,28)29/h2-13H,1H3,(H,34,35)(H2,31,32,36). The predicted molar refractivity (Wildman–Crippen MR) is 126 cm³/mol. The maximum absolute atomic E-state index is 13.4. The number of aromatic carboxylic acids is 1. The summed E-state index contributed by atoms with van der Waals surface area (Å²) in [6.07, 6.45) is -1.91. The summed E-state index contributed by atoms with van der Waals surface area (Å²) in [5.41, 5.74) is -0.191. The van der Waals surface area contributed by atoms with Crippen LogP contribution in [-0.2, 0) is 13.2 Å². The van der Waals surface area contributed by atoms with Crippen LogP contribution in [0.15, 0.2) is 73.1 Å². The number of nitrogens with one attached hydrogen (secondary N) is 2. The van der Waals surface area contributed by atoms with Crippen molar-refractivity contribution < 1.29 is 37.0 Å². The Morgan fingerprint density at radius 3 is 2.27 bits per heavy atom. The molecule has 0 aliphatic heterocycles. The molecule has 0 radical (unpaired) electrons. The second kappa shape index (κ2) is 10.0. The number of hydrogen-bond acceptors (Lipinski definition) is 4. The summed E-state index contributed by atoms with van der Waals surface area (Å²) in [6, 6.07) is 12.2. The Balaban J connectivity index is 1.41. The molecule has 0 fully saturated rings. The van der Waals surface area contributed by atoms with E-state index >= 15 is 0 Å². The van der Waals surface area contributed by atoms with Crippen LogP contribution in [0.4, 0.5) is 33.7 Å². The molecule has 0 atom stereocenters. The quantitative estimate of drug-likeness (QED) is 0.259. The van der Waals surface area contributed by atoms with Gasteiger partial charge in [-0.3, -0.25) is 4.98 Å². The summed E-state index contributed by atoms with van der Waals surface area (Å²) in [5, 5.41) is 13.9. The Hall–Kier alpha value is -4.87. The van der Waals surface area contributed by atoms with Gasteiger partial charge < -0.3 is 25.0 Å². The van der Waals surface area contributed by atoms with Crippen LogP contribution in [0, 0.1) is 5.82 Å². The van der Waals surface area contributed by atoms with Crippen molar-refractivity contribution in [1.29, 1.82) is 0 Å². The lowest BCUT2D eigenvalue weighted by atomic mass is 10.2. The third kappa shape index (κ3) is 6.04. The van der Waals surface area contributed by atoms with Gasteiger partial charge in [0.05, 0.1) is 22.5 Å². The lowest BCUT2D eigenvalue weighted by Crippen LogP contribution is -2.20. The number of carbonyl (C=O) groups is 2. The molecule has 0 saturated heterocycles. The third-order valence-corrected chi connectivity index (χ3v) is 5.12. The molecule has 4 rings (SSSR count). The number of hydrogen-bond donors (Lipinski definition) is 3. The van der Waals surface area contributed by atoms with Crippen LogP contribution in [-0.4, -0.2) is 26.7 Å². The van der Waals surface area contributed by atoms with E-state index < -0.39 is 29.6 Å². The van der Waals surface area contributed by atoms with Gasteiger partial charge in [-0.2, -0.15) is 13.2 Å². The molecule has 2 aromatic heterocycles. The van der Waals surface area contributed by atoms with E-state index in [1.54, 1.807) is 35.9 Å². The number of aryl methyl sites for hydroxylation is 1. The maximum atomic E-state index is 13.4.